The Hall–Kier alpha value is -1.70. The second-order valence-corrected chi connectivity index (χ2v) is 4.87. The van der Waals surface area contributed by atoms with E-state index in [0.717, 1.165) is 6.07 Å². The summed E-state index contributed by atoms with van der Waals surface area (Å²) in [5.41, 5.74) is -0.334. The van der Waals surface area contributed by atoms with Gasteiger partial charge in [-0.25, -0.2) is 8.78 Å². The number of carbonyl (C=O) groups is 1. The summed E-state index contributed by atoms with van der Waals surface area (Å²) in [5, 5.41) is 4.66. The molecule has 0 saturated carbocycles. The Morgan fingerprint density at radius 2 is 1.95 bits per heavy atom. The zero-order valence-electron chi connectivity index (χ0n) is 10.8. The number of nitrogens with one attached hydrogen (secondary N) is 2. The van der Waals surface area contributed by atoms with E-state index in [2.05, 4.69) is 10.6 Å². The highest BCUT2D eigenvalue weighted by Gasteiger charge is 2.42. The predicted molar refractivity (Wildman–Crippen MR) is 65.6 cm³/mol. The van der Waals surface area contributed by atoms with E-state index in [4.69, 9.17) is 0 Å². The van der Waals surface area contributed by atoms with Crippen molar-refractivity contribution in [1.29, 1.82) is 0 Å². The number of halogens is 5. The molecule has 1 aliphatic heterocycles. The molecule has 1 heterocycles. The van der Waals surface area contributed by atoms with Gasteiger partial charge in [0.2, 0.25) is 5.91 Å². The smallest absolute Gasteiger partial charge is 0.322 e. The van der Waals surface area contributed by atoms with Gasteiger partial charge in [0.25, 0.3) is 0 Å². The van der Waals surface area contributed by atoms with Crippen molar-refractivity contribution in [3.8, 4) is 0 Å². The maximum Gasteiger partial charge on any atom is 0.393 e. The van der Waals surface area contributed by atoms with Gasteiger partial charge in [-0.15, -0.1) is 0 Å². The first-order valence-electron chi connectivity index (χ1n) is 6.34. The van der Waals surface area contributed by atoms with E-state index in [-0.39, 0.29) is 25.1 Å². The first-order valence-corrected chi connectivity index (χ1v) is 6.34. The van der Waals surface area contributed by atoms with Crippen molar-refractivity contribution in [3.05, 3.63) is 29.8 Å². The lowest BCUT2D eigenvalue weighted by molar-refractivity contribution is -0.180. The Balaban J connectivity index is 1.95. The molecule has 0 bridgehead atoms. The highest BCUT2D eigenvalue weighted by Crippen LogP contribution is 2.32. The molecule has 2 N–H and O–H groups in total. The van der Waals surface area contributed by atoms with Crippen LogP contribution in [0.15, 0.2) is 18.2 Å². The van der Waals surface area contributed by atoms with Crippen molar-refractivity contribution in [3.63, 3.8) is 0 Å². The van der Waals surface area contributed by atoms with Crippen LogP contribution in [-0.2, 0) is 4.79 Å². The van der Waals surface area contributed by atoms with E-state index >= 15 is 0 Å². The van der Waals surface area contributed by atoms with Crippen molar-refractivity contribution in [1.82, 2.24) is 5.32 Å². The van der Waals surface area contributed by atoms with E-state index in [9.17, 15) is 26.7 Å². The van der Waals surface area contributed by atoms with E-state index in [0.29, 0.717) is 0 Å². The summed E-state index contributed by atoms with van der Waals surface area (Å²) >= 11 is 0. The average Bonchev–Trinajstić information content (AvgIpc) is 2.43. The molecule has 2 atom stereocenters. The monoisotopic (exact) mass is 308 g/mol. The second-order valence-electron chi connectivity index (χ2n) is 4.87. The van der Waals surface area contributed by atoms with Gasteiger partial charge in [0.15, 0.2) is 11.6 Å². The highest BCUT2D eigenvalue weighted by atomic mass is 19.4. The normalized spacial score (nSPS) is 22.9. The summed E-state index contributed by atoms with van der Waals surface area (Å²) in [6.45, 7) is -0.368. The van der Waals surface area contributed by atoms with Crippen LogP contribution >= 0.6 is 0 Å². The molecule has 0 spiro atoms. The fraction of sp³-hybridized carbons (Fsp3) is 0.462. The van der Waals surface area contributed by atoms with Crippen LogP contribution in [0.25, 0.3) is 0 Å². The molecular weight excluding hydrogens is 295 g/mol. The molecule has 0 radical (unpaired) electrons. The van der Waals surface area contributed by atoms with E-state index in [1.807, 2.05) is 0 Å². The lowest BCUT2D eigenvalue weighted by Crippen LogP contribution is -2.49. The van der Waals surface area contributed by atoms with E-state index in [1.54, 1.807) is 0 Å². The number of anilines is 1. The van der Waals surface area contributed by atoms with Crippen molar-refractivity contribution < 1.29 is 26.7 Å². The summed E-state index contributed by atoms with van der Waals surface area (Å²) in [4.78, 5) is 11.8. The Kier molecular flexibility index (Phi) is 4.46. The Bertz CT molecular complexity index is 524. The SMILES string of the molecule is O=C(Nc1cccc(F)c1F)C1CCC(C(F)(F)F)CN1. The quantitative estimate of drug-likeness (QED) is 0.825. The molecule has 0 aliphatic carbocycles. The van der Waals surface area contributed by atoms with E-state index in [1.165, 1.54) is 12.1 Å². The molecular formula is C13H13F5N2O. The van der Waals surface area contributed by atoms with Crippen LogP contribution in [0.2, 0.25) is 0 Å². The third kappa shape index (κ3) is 3.69. The zero-order valence-corrected chi connectivity index (χ0v) is 10.8. The standard InChI is InChI=1S/C13H13F5N2O/c14-8-2-1-3-9(11(8)15)20-12(21)10-5-4-7(6-19-10)13(16,17)18/h1-3,7,10,19H,4-6H2,(H,20,21). The number of hydrogen-bond acceptors (Lipinski definition) is 2. The molecule has 1 fully saturated rings. The first kappa shape index (κ1) is 15.7. The lowest BCUT2D eigenvalue weighted by Gasteiger charge is -2.30. The predicted octanol–water partition coefficient (Wildman–Crippen LogP) is 2.83. The van der Waals surface area contributed by atoms with Crippen LogP contribution in [0.1, 0.15) is 12.8 Å². The van der Waals surface area contributed by atoms with Crippen molar-refractivity contribution in [2.75, 3.05) is 11.9 Å². The van der Waals surface area contributed by atoms with Crippen LogP contribution in [0, 0.1) is 17.6 Å². The van der Waals surface area contributed by atoms with Gasteiger partial charge in [-0.3, -0.25) is 4.79 Å². The molecule has 21 heavy (non-hydrogen) atoms. The number of alkyl halides is 3. The minimum absolute atomic E-state index is 0.0209. The molecule has 116 valence electrons. The number of piperidine rings is 1. The molecule has 3 nitrogen and oxygen atoms in total. The number of hydrogen-bond donors (Lipinski definition) is 2. The highest BCUT2D eigenvalue weighted by molar-refractivity contribution is 5.95. The summed E-state index contributed by atoms with van der Waals surface area (Å²) in [6.07, 6.45) is -4.50. The summed E-state index contributed by atoms with van der Waals surface area (Å²) in [5.74, 6) is -4.48. The molecule has 1 aromatic carbocycles. The molecule has 0 aromatic heterocycles. The van der Waals surface area contributed by atoms with Crippen molar-refractivity contribution >= 4 is 11.6 Å². The molecule has 1 aromatic rings. The minimum Gasteiger partial charge on any atom is -0.322 e. The van der Waals surface area contributed by atoms with Crippen molar-refractivity contribution in [2.45, 2.75) is 25.1 Å². The molecule has 1 saturated heterocycles. The summed E-state index contributed by atoms with van der Waals surface area (Å²) in [7, 11) is 0. The van der Waals surface area contributed by atoms with Crippen LogP contribution < -0.4 is 10.6 Å². The van der Waals surface area contributed by atoms with Gasteiger partial charge >= 0.3 is 6.18 Å². The Labute approximate surface area is 117 Å². The third-order valence-corrected chi connectivity index (χ3v) is 3.40. The lowest BCUT2D eigenvalue weighted by atomic mass is 9.94. The zero-order chi connectivity index (χ0) is 15.6. The van der Waals surface area contributed by atoms with Gasteiger partial charge in [-0.1, -0.05) is 6.07 Å². The molecule has 2 rings (SSSR count). The van der Waals surface area contributed by atoms with E-state index < -0.39 is 35.7 Å². The van der Waals surface area contributed by atoms with Gasteiger partial charge in [0, 0.05) is 6.54 Å². The number of amides is 1. The first-order chi connectivity index (χ1) is 9.79. The molecule has 8 heteroatoms. The minimum atomic E-state index is -4.30. The third-order valence-electron chi connectivity index (χ3n) is 3.40. The van der Waals surface area contributed by atoms with Crippen LogP contribution in [0.5, 0.6) is 0 Å². The molecule has 1 amide bonds. The summed E-state index contributed by atoms with van der Waals surface area (Å²) < 4.78 is 63.8. The topological polar surface area (TPSA) is 41.1 Å². The maximum absolute atomic E-state index is 13.4. The number of carbonyl (C=O) groups excluding carboxylic acids is 1. The van der Waals surface area contributed by atoms with Gasteiger partial charge < -0.3 is 10.6 Å². The second kappa shape index (κ2) is 5.97. The van der Waals surface area contributed by atoms with Crippen LogP contribution in [-0.4, -0.2) is 24.7 Å². The fourth-order valence-electron chi connectivity index (χ4n) is 2.18. The van der Waals surface area contributed by atoms with Gasteiger partial charge in [0.1, 0.15) is 0 Å². The number of benzene rings is 1. The van der Waals surface area contributed by atoms with Crippen LogP contribution in [0.4, 0.5) is 27.6 Å². The van der Waals surface area contributed by atoms with Gasteiger partial charge in [-0.2, -0.15) is 13.2 Å². The molecule has 1 aliphatic rings. The Morgan fingerprint density at radius 3 is 2.52 bits per heavy atom. The van der Waals surface area contributed by atoms with Crippen LogP contribution in [0.3, 0.4) is 0 Å². The maximum atomic E-state index is 13.4. The fourth-order valence-corrected chi connectivity index (χ4v) is 2.18. The number of rotatable bonds is 2. The summed E-state index contributed by atoms with van der Waals surface area (Å²) in [6, 6.07) is 2.45. The largest absolute Gasteiger partial charge is 0.393 e. The van der Waals surface area contributed by atoms with Crippen molar-refractivity contribution in [2.24, 2.45) is 5.92 Å². The van der Waals surface area contributed by atoms with Gasteiger partial charge in [-0.05, 0) is 25.0 Å². The van der Waals surface area contributed by atoms with Gasteiger partial charge in [0.05, 0.1) is 17.6 Å². The average molecular weight is 308 g/mol. The Morgan fingerprint density at radius 1 is 1.24 bits per heavy atom. The molecule has 2 unspecified atom stereocenters.